The standard InChI is InChI=1S/C30H33F3N4O5S/c1-40-24-15-20(16-25(41-2)26(24)42-3)28(38)36-9-7-19(8-10-36)27-34-23(18-43-27)29(39)37-13-11-35(12-14-37)22-6-4-5-21(17-22)30(31,32)33/h4-6,15-19H,7-14H2,1-3H3. The summed E-state index contributed by atoms with van der Waals surface area (Å²) in [6.45, 7) is 2.73. The minimum absolute atomic E-state index is 0.128. The summed E-state index contributed by atoms with van der Waals surface area (Å²) < 4.78 is 55.5. The van der Waals surface area contributed by atoms with Crippen molar-refractivity contribution in [2.24, 2.45) is 0 Å². The number of amides is 2. The molecule has 230 valence electrons. The summed E-state index contributed by atoms with van der Waals surface area (Å²) in [6.07, 6.45) is -2.97. The fourth-order valence-electron chi connectivity index (χ4n) is 5.50. The molecule has 2 amide bonds. The summed E-state index contributed by atoms with van der Waals surface area (Å²) in [5.41, 5.74) is 0.634. The molecule has 2 aromatic carbocycles. The Kier molecular flexibility index (Phi) is 9.00. The van der Waals surface area contributed by atoms with E-state index in [-0.39, 0.29) is 17.7 Å². The third-order valence-electron chi connectivity index (χ3n) is 7.89. The van der Waals surface area contributed by atoms with Crippen molar-refractivity contribution >= 4 is 28.8 Å². The smallest absolute Gasteiger partial charge is 0.416 e. The topological polar surface area (TPSA) is 84.4 Å². The van der Waals surface area contributed by atoms with Crippen molar-refractivity contribution in [1.82, 2.24) is 14.8 Å². The van der Waals surface area contributed by atoms with Crippen molar-refractivity contribution in [3.8, 4) is 17.2 Å². The average molecular weight is 619 g/mol. The lowest BCUT2D eigenvalue weighted by atomic mass is 9.97. The highest BCUT2D eigenvalue weighted by molar-refractivity contribution is 7.09. The number of carbonyl (C=O) groups is 2. The van der Waals surface area contributed by atoms with E-state index in [0.29, 0.717) is 86.3 Å². The highest BCUT2D eigenvalue weighted by Gasteiger charge is 2.32. The quantitative estimate of drug-likeness (QED) is 0.361. The van der Waals surface area contributed by atoms with Gasteiger partial charge in [-0.2, -0.15) is 13.2 Å². The number of alkyl halides is 3. The van der Waals surface area contributed by atoms with Crippen LogP contribution >= 0.6 is 11.3 Å². The van der Waals surface area contributed by atoms with Gasteiger partial charge >= 0.3 is 6.18 Å². The van der Waals surface area contributed by atoms with Gasteiger partial charge in [-0.05, 0) is 43.2 Å². The zero-order chi connectivity index (χ0) is 30.7. The summed E-state index contributed by atoms with van der Waals surface area (Å²) in [6, 6.07) is 8.55. The third kappa shape index (κ3) is 6.51. The number of piperazine rings is 1. The van der Waals surface area contributed by atoms with E-state index in [2.05, 4.69) is 4.98 Å². The van der Waals surface area contributed by atoms with Crippen LogP contribution in [0.1, 0.15) is 50.2 Å². The van der Waals surface area contributed by atoms with Gasteiger partial charge in [-0.3, -0.25) is 9.59 Å². The van der Waals surface area contributed by atoms with E-state index in [9.17, 15) is 22.8 Å². The average Bonchev–Trinajstić information content (AvgIpc) is 3.53. The zero-order valence-corrected chi connectivity index (χ0v) is 25.0. The Bertz CT molecular complexity index is 1440. The third-order valence-corrected chi connectivity index (χ3v) is 8.90. The Morgan fingerprint density at radius 2 is 1.49 bits per heavy atom. The number of methoxy groups -OCH3 is 3. The molecular formula is C30H33F3N4O5S. The summed E-state index contributed by atoms with van der Waals surface area (Å²) in [5.74, 6) is 1.08. The maximum atomic E-state index is 13.3. The van der Waals surface area contributed by atoms with Crippen molar-refractivity contribution in [2.45, 2.75) is 24.9 Å². The van der Waals surface area contributed by atoms with Gasteiger partial charge in [-0.1, -0.05) is 6.07 Å². The molecule has 43 heavy (non-hydrogen) atoms. The lowest BCUT2D eigenvalue weighted by Crippen LogP contribution is -2.49. The van der Waals surface area contributed by atoms with Crippen LogP contribution < -0.4 is 19.1 Å². The number of anilines is 1. The van der Waals surface area contributed by atoms with Crippen molar-refractivity contribution in [3.05, 3.63) is 63.6 Å². The molecule has 3 heterocycles. The number of ether oxygens (including phenoxy) is 3. The number of likely N-dealkylation sites (tertiary alicyclic amines) is 1. The minimum atomic E-state index is -4.40. The lowest BCUT2D eigenvalue weighted by molar-refractivity contribution is -0.137. The second-order valence-corrected chi connectivity index (χ2v) is 11.3. The van der Waals surface area contributed by atoms with Crippen LogP contribution in [-0.2, 0) is 6.18 Å². The molecule has 1 aromatic heterocycles. The highest BCUT2D eigenvalue weighted by Crippen LogP contribution is 2.39. The lowest BCUT2D eigenvalue weighted by Gasteiger charge is -2.36. The van der Waals surface area contributed by atoms with E-state index in [1.807, 2.05) is 4.90 Å². The first-order chi connectivity index (χ1) is 20.6. The highest BCUT2D eigenvalue weighted by atomic mass is 32.1. The maximum absolute atomic E-state index is 13.3. The fourth-order valence-corrected chi connectivity index (χ4v) is 6.46. The first-order valence-corrected chi connectivity index (χ1v) is 14.8. The SMILES string of the molecule is COc1cc(C(=O)N2CCC(c3nc(C(=O)N4CCN(c5cccc(C(F)(F)F)c5)CC4)cs3)CC2)cc(OC)c1OC. The Morgan fingerprint density at radius 1 is 0.860 bits per heavy atom. The molecule has 0 N–H and O–H groups in total. The largest absolute Gasteiger partial charge is 0.493 e. The van der Waals surface area contributed by atoms with Crippen LogP contribution in [0, 0.1) is 0 Å². The molecule has 13 heteroatoms. The molecule has 9 nitrogen and oxygen atoms in total. The van der Waals surface area contributed by atoms with Crippen LogP contribution in [0.25, 0.3) is 0 Å². The number of hydrogen-bond donors (Lipinski definition) is 0. The molecule has 0 aliphatic carbocycles. The van der Waals surface area contributed by atoms with Crippen LogP contribution in [0.2, 0.25) is 0 Å². The van der Waals surface area contributed by atoms with Crippen molar-refractivity contribution in [2.75, 3.05) is 65.5 Å². The number of hydrogen-bond acceptors (Lipinski definition) is 8. The van der Waals surface area contributed by atoms with E-state index in [0.717, 1.165) is 17.1 Å². The number of halogens is 3. The molecule has 0 saturated carbocycles. The summed E-state index contributed by atoms with van der Waals surface area (Å²) in [4.78, 5) is 36.5. The van der Waals surface area contributed by atoms with Gasteiger partial charge in [0, 0.05) is 61.8 Å². The van der Waals surface area contributed by atoms with Crippen LogP contribution in [0.3, 0.4) is 0 Å². The van der Waals surface area contributed by atoms with Gasteiger partial charge in [-0.15, -0.1) is 11.3 Å². The van der Waals surface area contributed by atoms with E-state index in [1.54, 1.807) is 33.4 Å². The summed E-state index contributed by atoms with van der Waals surface area (Å²) >= 11 is 1.44. The van der Waals surface area contributed by atoms with Gasteiger partial charge in [0.05, 0.1) is 31.9 Å². The Hall–Kier alpha value is -4.00. The molecule has 0 bridgehead atoms. The number of nitrogens with zero attached hydrogens (tertiary/aromatic N) is 4. The van der Waals surface area contributed by atoms with Crippen molar-refractivity contribution in [3.63, 3.8) is 0 Å². The van der Waals surface area contributed by atoms with Crippen LogP contribution in [0.4, 0.5) is 18.9 Å². The molecule has 2 aliphatic heterocycles. The van der Waals surface area contributed by atoms with E-state index >= 15 is 0 Å². The molecule has 0 atom stereocenters. The first-order valence-electron chi connectivity index (χ1n) is 13.9. The van der Waals surface area contributed by atoms with Gasteiger partial charge in [0.2, 0.25) is 5.75 Å². The van der Waals surface area contributed by atoms with Gasteiger partial charge in [0.15, 0.2) is 11.5 Å². The Labute approximate surface area is 251 Å². The molecular weight excluding hydrogens is 585 g/mol. The molecule has 0 radical (unpaired) electrons. The molecule has 0 spiro atoms. The van der Waals surface area contributed by atoms with E-state index < -0.39 is 11.7 Å². The van der Waals surface area contributed by atoms with Crippen LogP contribution in [-0.4, -0.2) is 87.2 Å². The summed E-state index contributed by atoms with van der Waals surface area (Å²) in [7, 11) is 4.52. The normalized spacial score (nSPS) is 16.3. The molecule has 2 saturated heterocycles. The first kappa shape index (κ1) is 30.5. The molecule has 3 aromatic rings. The zero-order valence-electron chi connectivity index (χ0n) is 24.1. The predicted octanol–water partition coefficient (Wildman–Crippen LogP) is 5.17. The number of aromatic nitrogens is 1. The molecule has 5 rings (SSSR count). The summed E-state index contributed by atoms with van der Waals surface area (Å²) in [5, 5.41) is 2.63. The number of piperidine rings is 1. The van der Waals surface area contributed by atoms with Gasteiger partial charge in [0.25, 0.3) is 11.8 Å². The second-order valence-electron chi connectivity index (χ2n) is 10.4. The van der Waals surface area contributed by atoms with Gasteiger partial charge in [0.1, 0.15) is 5.69 Å². The van der Waals surface area contributed by atoms with Gasteiger partial charge in [-0.25, -0.2) is 4.98 Å². The van der Waals surface area contributed by atoms with E-state index in [4.69, 9.17) is 14.2 Å². The minimum Gasteiger partial charge on any atom is -0.493 e. The predicted molar refractivity (Wildman–Crippen MR) is 156 cm³/mol. The van der Waals surface area contributed by atoms with Crippen molar-refractivity contribution < 1.29 is 37.0 Å². The number of carbonyl (C=O) groups excluding carboxylic acids is 2. The van der Waals surface area contributed by atoms with Gasteiger partial charge < -0.3 is 28.9 Å². The van der Waals surface area contributed by atoms with Crippen molar-refractivity contribution in [1.29, 1.82) is 0 Å². The molecule has 2 aliphatic rings. The monoisotopic (exact) mass is 618 g/mol. The number of rotatable bonds is 7. The number of benzene rings is 2. The van der Waals surface area contributed by atoms with E-state index in [1.165, 1.54) is 38.7 Å². The fraction of sp³-hybridized carbons (Fsp3) is 0.433. The van der Waals surface area contributed by atoms with Crippen LogP contribution in [0.5, 0.6) is 17.2 Å². The molecule has 2 fully saturated rings. The Balaban J connectivity index is 1.16. The number of thiazole rings is 1. The van der Waals surface area contributed by atoms with Crippen LogP contribution in [0.15, 0.2) is 41.8 Å². The molecule has 0 unspecified atom stereocenters. The second kappa shape index (κ2) is 12.7. The maximum Gasteiger partial charge on any atom is 0.416 e. The Morgan fingerprint density at radius 3 is 2.07 bits per heavy atom.